The van der Waals surface area contributed by atoms with Gasteiger partial charge < -0.3 is 4.98 Å². The van der Waals surface area contributed by atoms with Crippen LogP contribution in [0.4, 0.5) is 5.95 Å². The number of nitrogens with one attached hydrogen (secondary N) is 3. The van der Waals surface area contributed by atoms with Gasteiger partial charge in [-0.1, -0.05) is 11.8 Å². The molecule has 3 N–H and O–H groups in total. The van der Waals surface area contributed by atoms with Gasteiger partial charge in [0.25, 0.3) is 0 Å². The van der Waals surface area contributed by atoms with Gasteiger partial charge in [-0.25, -0.2) is 24.9 Å². The van der Waals surface area contributed by atoms with Crippen LogP contribution in [-0.4, -0.2) is 54.1 Å². The first-order valence-electron chi connectivity index (χ1n) is 8.89. The number of aromatic amines is 1. The Morgan fingerprint density at radius 2 is 1.97 bits per heavy atom. The number of aromatic nitrogens is 6. The van der Waals surface area contributed by atoms with Crippen molar-refractivity contribution in [3.8, 4) is 0 Å². The quantitative estimate of drug-likeness (QED) is 0.231. The molecule has 0 saturated carbocycles. The molecule has 0 atom stereocenters. The van der Waals surface area contributed by atoms with Gasteiger partial charge in [-0.3, -0.25) is 20.4 Å². The van der Waals surface area contributed by atoms with Gasteiger partial charge >= 0.3 is 0 Å². The van der Waals surface area contributed by atoms with Crippen LogP contribution in [0, 0.1) is 13.8 Å². The Labute approximate surface area is 172 Å². The summed E-state index contributed by atoms with van der Waals surface area (Å²) in [5.74, 6) is 0.578. The van der Waals surface area contributed by atoms with Crippen LogP contribution in [0.25, 0.3) is 0 Å². The summed E-state index contributed by atoms with van der Waals surface area (Å²) in [6, 6.07) is 3.59. The van der Waals surface area contributed by atoms with E-state index >= 15 is 0 Å². The van der Waals surface area contributed by atoms with Crippen LogP contribution in [0.2, 0.25) is 0 Å². The molecule has 11 heteroatoms. The van der Waals surface area contributed by atoms with E-state index in [4.69, 9.17) is 0 Å². The molecular formula is C18H21N9OS. The first kappa shape index (κ1) is 20.4. The Hall–Kier alpha value is -3.34. The second-order valence-corrected chi connectivity index (χ2v) is 6.97. The molecule has 10 nitrogen and oxygen atoms in total. The number of aryl methyl sites for hydroxylation is 2. The predicted octanol–water partition coefficient (Wildman–Crippen LogP) is 1.53. The van der Waals surface area contributed by atoms with Gasteiger partial charge in [-0.05, 0) is 26.0 Å². The summed E-state index contributed by atoms with van der Waals surface area (Å²) in [4.78, 5) is 40.7. The van der Waals surface area contributed by atoms with Crippen molar-refractivity contribution >= 4 is 29.6 Å². The van der Waals surface area contributed by atoms with Crippen LogP contribution < -0.4 is 10.6 Å². The first-order chi connectivity index (χ1) is 14.1. The summed E-state index contributed by atoms with van der Waals surface area (Å²) in [5.41, 5.74) is 2.60. The van der Waals surface area contributed by atoms with Gasteiger partial charge in [-0.15, -0.1) is 0 Å². The molecule has 0 aliphatic heterocycles. The number of hydrogen-bond donors (Lipinski definition) is 3. The van der Waals surface area contributed by atoms with Crippen molar-refractivity contribution in [3.05, 3.63) is 54.1 Å². The second-order valence-electron chi connectivity index (χ2n) is 6.02. The van der Waals surface area contributed by atoms with Gasteiger partial charge in [0.2, 0.25) is 17.8 Å². The zero-order valence-corrected chi connectivity index (χ0v) is 16.9. The SMILES string of the molecule is Cc1cc(C)nc(NC(=NCCc2cnc[nH]2)NC(=O)CSc2ncccn2)n1. The molecule has 0 aliphatic rings. The topological polar surface area (TPSA) is 134 Å². The van der Waals surface area contributed by atoms with Gasteiger partial charge in [0.05, 0.1) is 12.1 Å². The van der Waals surface area contributed by atoms with Crippen LogP contribution in [0.3, 0.4) is 0 Å². The third-order valence-corrected chi connectivity index (χ3v) is 4.43. The molecule has 3 heterocycles. The summed E-state index contributed by atoms with van der Waals surface area (Å²) in [6.45, 7) is 4.21. The molecule has 1 amide bonds. The highest BCUT2D eigenvalue weighted by molar-refractivity contribution is 7.99. The molecule has 3 aromatic heterocycles. The lowest BCUT2D eigenvalue weighted by molar-refractivity contribution is -0.117. The second kappa shape index (κ2) is 10.3. The minimum absolute atomic E-state index is 0.152. The molecule has 29 heavy (non-hydrogen) atoms. The molecular weight excluding hydrogens is 390 g/mol. The summed E-state index contributed by atoms with van der Waals surface area (Å²) in [6.07, 6.45) is 7.28. The van der Waals surface area contributed by atoms with Crippen molar-refractivity contribution in [1.29, 1.82) is 0 Å². The number of anilines is 1. The number of amides is 1. The third kappa shape index (κ3) is 6.96. The molecule has 0 saturated heterocycles. The highest BCUT2D eigenvalue weighted by Crippen LogP contribution is 2.10. The fourth-order valence-corrected chi connectivity index (χ4v) is 2.97. The van der Waals surface area contributed by atoms with E-state index in [2.05, 4.69) is 45.5 Å². The number of H-pyrrole nitrogens is 1. The summed E-state index contributed by atoms with van der Waals surface area (Å²) in [7, 11) is 0. The van der Waals surface area contributed by atoms with E-state index in [0.29, 0.717) is 24.1 Å². The van der Waals surface area contributed by atoms with Gasteiger partial charge in [-0.2, -0.15) is 0 Å². The van der Waals surface area contributed by atoms with Crippen LogP contribution in [-0.2, 0) is 11.2 Å². The minimum atomic E-state index is -0.236. The number of guanidine groups is 1. The Bertz CT molecular complexity index is 940. The molecule has 0 fully saturated rings. The molecule has 150 valence electrons. The van der Waals surface area contributed by atoms with E-state index in [-0.39, 0.29) is 17.6 Å². The highest BCUT2D eigenvalue weighted by atomic mass is 32.2. The van der Waals surface area contributed by atoms with E-state index in [1.807, 2.05) is 19.9 Å². The normalized spacial score (nSPS) is 11.3. The van der Waals surface area contributed by atoms with Gasteiger partial charge in [0, 0.05) is 48.6 Å². The monoisotopic (exact) mass is 411 g/mol. The molecule has 3 rings (SSSR count). The van der Waals surface area contributed by atoms with Crippen LogP contribution in [0.1, 0.15) is 17.1 Å². The number of carbonyl (C=O) groups is 1. The van der Waals surface area contributed by atoms with E-state index in [1.54, 1.807) is 31.0 Å². The number of imidazole rings is 1. The van der Waals surface area contributed by atoms with Crippen molar-refractivity contribution in [3.63, 3.8) is 0 Å². The average molecular weight is 411 g/mol. The standard InChI is InChI=1S/C18H21N9OS/c1-12-8-13(2)25-17(24-12)27-16(20-7-4-14-9-19-11-23-14)26-15(28)10-29-18-21-5-3-6-22-18/h3,5-6,8-9,11H,4,7,10H2,1-2H3,(H,19,23)(H2,20,24,25,26,27,28). The van der Waals surface area contributed by atoms with E-state index in [9.17, 15) is 4.79 Å². The number of aliphatic imine (C=N–C) groups is 1. The molecule has 0 aromatic carbocycles. The zero-order chi connectivity index (χ0) is 20.5. The Morgan fingerprint density at radius 3 is 2.66 bits per heavy atom. The van der Waals surface area contributed by atoms with Crippen molar-refractivity contribution in [2.75, 3.05) is 17.6 Å². The fourth-order valence-electron chi connectivity index (χ4n) is 2.37. The lowest BCUT2D eigenvalue weighted by Gasteiger charge is -2.11. The summed E-state index contributed by atoms with van der Waals surface area (Å²) < 4.78 is 0. The largest absolute Gasteiger partial charge is 0.348 e. The Morgan fingerprint density at radius 1 is 1.21 bits per heavy atom. The molecule has 3 aromatic rings. The molecule has 0 radical (unpaired) electrons. The lowest BCUT2D eigenvalue weighted by Crippen LogP contribution is -2.38. The van der Waals surface area contributed by atoms with Gasteiger partial charge in [0.15, 0.2) is 5.16 Å². The number of hydrogen-bond acceptors (Lipinski definition) is 8. The van der Waals surface area contributed by atoms with Crippen molar-refractivity contribution < 1.29 is 4.79 Å². The fraction of sp³-hybridized carbons (Fsp3) is 0.278. The summed E-state index contributed by atoms with van der Waals surface area (Å²) >= 11 is 1.24. The maximum absolute atomic E-state index is 12.4. The van der Waals surface area contributed by atoms with Gasteiger partial charge in [0.1, 0.15) is 0 Å². The average Bonchev–Trinajstić information content (AvgIpc) is 3.20. The maximum Gasteiger partial charge on any atom is 0.237 e. The lowest BCUT2D eigenvalue weighted by atomic mass is 10.3. The summed E-state index contributed by atoms with van der Waals surface area (Å²) in [5, 5.41) is 6.31. The van der Waals surface area contributed by atoms with Crippen LogP contribution in [0.5, 0.6) is 0 Å². The Balaban J connectivity index is 1.64. The van der Waals surface area contributed by atoms with Crippen molar-refractivity contribution in [2.45, 2.75) is 25.4 Å². The minimum Gasteiger partial charge on any atom is -0.348 e. The highest BCUT2D eigenvalue weighted by Gasteiger charge is 2.10. The van der Waals surface area contributed by atoms with E-state index in [0.717, 1.165) is 17.1 Å². The van der Waals surface area contributed by atoms with Crippen LogP contribution >= 0.6 is 11.8 Å². The van der Waals surface area contributed by atoms with Crippen molar-refractivity contribution in [2.24, 2.45) is 4.99 Å². The van der Waals surface area contributed by atoms with E-state index < -0.39 is 0 Å². The smallest absolute Gasteiger partial charge is 0.237 e. The number of thioether (sulfide) groups is 1. The molecule has 0 bridgehead atoms. The zero-order valence-electron chi connectivity index (χ0n) is 16.1. The molecule has 0 spiro atoms. The molecule has 0 unspecified atom stereocenters. The molecule has 0 aliphatic carbocycles. The Kier molecular flexibility index (Phi) is 7.22. The van der Waals surface area contributed by atoms with Crippen molar-refractivity contribution in [1.82, 2.24) is 35.2 Å². The third-order valence-electron chi connectivity index (χ3n) is 3.55. The number of rotatable bonds is 7. The number of carbonyl (C=O) groups excluding carboxylic acids is 1. The maximum atomic E-state index is 12.4. The predicted molar refractivity (Wildman–Crippen MR) is 111 cm³/mol. The van der Waals surface area contributed by atoms with E-state index in [1.165, 1.54) is 11.8 Å². The number of nitrogens with zero attached hydrogens (tertiary/aromatic N) is 6. The van der Waals surface area contributed by atoms with Crippen LogP contribution in [0.15, 0.2) is 47.2 Å². The first-order valence-corrected chi connectivity index (χ1v) is 9.88.